The van der Waals surface area contributed by atoms with Crippen LogP contribution in [0.2, 0.25) is 10.0 Å². The van der Waals surface area contributed by atoms with Gasteiger partial charge in [0.2, 0.25) is 0 Å². The fraction of sp³-hybridized carbons (Fsp3) is 0.571. The Hall–Kier alpha value is 0.110. The average Bonchev–Trinajstić information content (AvgIpc) is 2.27. The summed E-state index contributed by atoms with van der Waals surface area (Å²) < 4.78 is 0.268. The van der Waals surface area contributed by atoms with Crippen LogP contribution in [0.3, 0.4) is 0 Å². The summed E-state index contributed by atoms with van der Waals surface area (Å²) in [7, 11) is 0. The van der Waals surface area contributed by atoms with E-state index in [1.165, 1.54) is 5.56 Å². The molecule has 0 fully saturated rings. The first-order valence-electron chi connectivity index (χ1n) is 6.16. The van der Waals surface area contributed by atoms with Crippen molar-refractivity contribution in [3.63, 3.8) is 0 Å². The molecule has 0 heterocycles. The van der Waals surface area contributed by atoms with Gasteiger partial charge in [-0.05, 0) is 24.2 Å². The van der Waals surface area contributed by atoms with Crippen molar-refractivity contribution < 1.29 is 0 Å². The van der Waals surface area contributed by atoms with Gasteiger partial charge in [0.1, 0.15) is 0 Å². The fourth-order valence-corrected chi connectivity index (χ4v) is 2.87. The molecule has 0 radical (unpaired) electrons. The maximum Gasteiger partial charge on any atom is 0.0595 e. The van der Waals surface area contributed by atoms with Crippen LogP contribution in [0.1, 0.15) is 39.3 Å². The molecule has 1 nitrogen and oxygen atoms in total. The molecule has 18 heavy (non-hydrogen) atoms. The first-order chi connectivity index (χ1) is 8.33. The summed E-state index contributed by atoms with van der Waals surface area (Å²) in [5.41, 5.74) is 1.20. The standard InChI is InChI=1S/C14H21Cl2NS/c1-5-17-13(9-18-14(2,3)4)10-6-7-11(15)12(16)8-10/h6-8,13,17H,5,9H2,1-4H3. The molecule has 0 amide bonds. The van der Waals surface area contributed by atoms with Crippen LogP contribution in [0.5, 0.6) is 0 Å². The summed E-state index contributed by atoms with van der Waals surface area (Å²) in [4.78, 5) is 0. The van der Waals surface area contributed by atoms with Gasteiger partial charge < -0.3 is 5.32 Å². The molecule has 1 atom stereocenters. The lowest BCUT2D eigenvalue weighted by atomic mass is 10.1. The number of rotatable bonds is 5. The highest BCUT2D eigenvalue weighted by molar-refractivity contribution is 8.00. The van der Waals surface area contributed by atoms with E-state index in [2.05, 4.69) is 33.0 Å². The van der Waals surface area contributed by atoms with E-state index in [0.717, 1.165) is 12.3 Å². The van der Waals surface area contributed by atoms with Gasteiger partial charge in [0.05, 0.1) is 10.0 Å². The second kappa shape index (κ2) is 7.04. The highest BCUT2D eigenvalue weighted by atomic mass is 35.5. The van der Waals surface area contributed by atoms with E-state index in [1.54, 1.807) is 0 Å². The van der Waals surface area contributed by atoms with Gasteiger partial charge in [-0.25, -0.2) is 0 Å². The molecule has 0 spiro atoms. The van der Waals surface area contributed by atoms with Crippen molar-refractivity contribution >= 4 is 35.0 Å². The Kier molecular flexibility index (Phi) is 6.32. The molecule has 0 saturated carbocycles. The molecule has 0 aliphatic heterocycles. The molecule has 1 N–H and O–H groups in total. The average molecular weight is 306 g/mol. The summed E-state index contributed by atoms with van der Waals surface area (Å²) >= 11 is 14.0. The van der Waals surface area contributed by atoms with Gasteiger partial charge in [-0.1, -0.05) is 57.0 Å². The van der Waals surface area contributed by atoms with Crippen molar-refractivity contribution in [2.45, 2.75) is 38.5 Å². The van der Waals surface area contributed by atoms with Gasteiger partial charge in [0.25, 0.3) is 0 Å². The van der Waals surface area contributed by atoms with Crippen molar-refractivity contribution in [2.24, 2.45) is 0 Å². The van der Waals surface area contributed by atoms with E-state index >= 15 is 0 Å². The van der Waals surface area contributed by atoms with Gasteiger partial charge in [-0.2, -0.15) is 11.8 Å². The molecule has 4 heteroatoms. The van der Waals surface area contributed by atoms with Crippen molar-refractivity contribution in [3.05, 3.63) is 33.8 Å². The van der Waals surface area contributed by atoms with Crippen LogP contribution in [-0.2, 0) is 0 Å². The molecular weight excluding hydrogens is 285 g/mol. The van der Waals surface area contributed by atoms with Crippen molar-refractivity contribution in [1.29, 1.82) is 0 Å². The van der Waals surface area contributed by atoms with Crippen LogP contribution < -0.4 is 5.32 Å². The number of thioether (sulfide) groups is 1. The maximum atomic E-state index is 6.08. The van der Waals surface area contributed by atoms with Gasteiger partial charge in [0, 0.05) is 16.5 Å². The Balaban J connectivity index is 2.80. The molecule has 1 unspecified atom stereocenters. The lowest BCUT2D eigenvalue weighted by molar-refractivity contribution is 0.603. The highest BCUT2D eigenvalue weighted by Gasteiger charge is 2.17. The minimum atomic E-state index is 0.268. The van der Waals surface area contributed by atoms with E-state index in [1.807, 2.05) is 30.0 Å². The quantitative estimate of drug-likeness (QED) is 0.805. The summed E-state index contributed by atoms with van der Waals surface area (Å²) in [6, 6.07) is 6.19. The SMILES string of the molecule is CCNC(CSC(C)(C)C)c1ccc(Cl)c(Cl)c1. The molecule has 1 aromatic rings. The Morgan fingerprint density at radius 2 is 1.89 bits per heavy atom. The summed E-state index contributed by atoms with van der Waals surface area (Å²) in [6.07, 6.45) is 0. The van der Waals surface area contributed by atoms with E-state index in [4.69, 9.17) is 23.2 Å². The number of hydrogen-bond acceptors (Lipinski definition) is 2. The van der Waals surface area contributed by atoms with Crippen molar-refractivity contribution in [1.82, 2.24) is 5.32 Å². The minimum absolute atomic E-state index is 0.268. The molecule has 0 aliphatic rings. The third kappa shape index (κ3) is 5.40. The zero-order valence-corrected chi connectivity index (χ0v) is 13.7. The third-order valence-electron chi connectivity index (χ3n) is 2.48. The summed E-state index contributed by atoms with van der Waals surface area (Å²) in [5, 5.41) is 4.73. The van der Waals surface area contributed by atoms with Crippen molar-refractivity contribution in [2.75, 3.05) is 12.3 Å². The second-order valence-electron chi connectivity index (χ2n) is 5.21. The van der Waals surface area contributed by atoms with Gasteiger partial charge in [-0.15, -0.1) is 0 Å². The Labute approximate surface area is 125 Å². The number of nitrogens with one attached hydrogen (secondary N) is 1. The van der Waals surface area contributed by atoms with E-state index < -0.39 is 0 Å². The van der Waals surface area contributed by atoms with Crippen LogP contribution >= 0.6 is 35.0 Å². The predicted octanol–water partition coefficient (Wildman–Crippen LogP) is 5.18. The highest BCUT2D eigenvalue weighted by Crippen LogP contribution is 2.31. The number of halogens is 2. The van der Waals surface area contributed by atoms with Crippen LogP contribution in [0, 0.1) is 0 Å². The summed E-state index contributed by atoms with van der Waals surface area (Å²) in [5.74, 6) is 1.02. The maximum absolute atomic E-state index is 6.08. The Bertz CT molecular complexity index is 388. The predicted molar refractivity (Wildman–Crippen MR) is 85.1 cm³/mol. The van der Waals surface area contributed by atoms with Crippen molar-refractivity contribution in [3.8, 4) is 0 Å². The van der Waals surface area contributed by atoms with Gasteiger partial charge >= 0.3 is 0 Å². The molecule has 102 valence electrons. The molecular formula is C14H21Cl2NS. The topological polar surface area (TPSA) is 12.0 Å². The third-order valence-corrected chi connectivity index (χ3v) is 4.58. The smallest absolute Gasteiger partial charge is 0.0595 e. The largest absolute Gasteiger partial charge is 0.310 e. The van der Waals surface area contributed by atoms with Crippen LogP contribution in [0.4, 0.5) is 0 Å². The lowest BCUT2D eigenvalue weighted by Gasteiger charge is -2.24. The normalized spacial score (nSPS) is 13.7. The fourth-order valence-electron chi connectivity index (χ4n) is 1.58. The lowest BCUT2D eigenvalue weighted by Crippen LogP contribution is -2.25. The zero-order valence-electron chi connectivity index (χ0n) is 11.4. The monoisotopic (exact) mass is 305 g/mol. The van der Waals surface area contributed by atoms with Gasteiger partial charge in [-0.3, -0.25) is 0 Å². The molecule has 1 rings (SSSR count). The van der Waals surface area contributed by atoms with E-state index in [-0.39, 0.29) is 4.75 Å². The van der Waals surface area contributed by atoms with Gasteiger partial charge in [0.15, 0.2) is 0 Å². The van der Waals surface area contributed by atoms with Crippen LogP contribution in [0.15, 0.2) is 18.2 Å². The van der Waals surface area contributed by atoms with E-state index in [9.17, 15) is 0 Å². The second-order valence-corrected chi connectivity index (χ2v) is 7.87. The zero-order chi connectivity index (χ0) is 13.8. The van der Waals surface area contributed by atoms with E-state index in [0.29, 0.717) is 16.1 Å². The van der Waals surface area contributed by atoms with Crippen LogP contribution in [0.25, 0.3) is 0 Å². The van der Waals surface area contributed by atoms with Crippen LogP contribution in [-0.4, -0.2) is 17.0 Å². The Morgan fingerprint density at radius 1 is 1.22 bits per heavy atom. The number of hydrogen-bond donors (Lipinski definition) is 1. The minimum Gasteiger partial charge on any atom is -0.310 e. The number of benzene rings is 1. The molecule has 0 bridgehead atoms. The first kappa shape index (κ1) is 16.2. The molecule has 0 saturated heterocycles. The molecule has 1 aromatic carbocycles. The summed E-state index contributed by atoms with van der Waals surface area (Å²) in [6.45, 7) is 9.75. The first-order valence-corrected chi connectivity index (χ1v) is 7.90. The Morgan fingerprint density at radius 3 is 2.39 bits per heavy atom. The molecule has 0 aromatic heterocycles. The molecule has 0 aliphatic carbocycles.